The first-order valence-electron chi connectivity index (χ1n) is 8.05. The molecule has 5 nitrogen and oxygen atoms in total. The van der Waals surface area contributed by atoms with Gasteiger partial charge in [-0.25, -0.2) is 0 Å². The van der Waals surface area contributed by atoms with Gasteiger partial charge >= 0.3 is 0 Å². The Kier molecular flexibility index (Phi) is 5.93. The number of carbonyl (C=O) groups is 1. The van der Waals surface area contributed by atoms with Crippen LogP contribution in [0.5, 0.6) is 0 Å². The minimum Gasteiger partial charge on any atom is -0.393 e. The third-order valence-electron chi connectivity index (χ3n) is 3.93. The van der Waals surface area contributed by atoms with Crippen LogP contribution in [0.25, 0.3) is 11.1 Å². The second-order valence-electron chi connectivity index (χ2n) is 6.27. The number of benzene rings is 1. The van der Waals surface area contributed by atoms with Crippen molar-refractivity contribution in [2.24, 2.45) is 0 Å². The molecule has 1 unspecified atom stereocenters. The highest BCUT2D eigenvalue weighted by Crippen LogP contribution is 2.23. The molecule has 24 heavy (non-hydrogen) atoms. The summed E-state index contributed by atoms with van der Waals surface area (Å²) in [6, 6.07) is 9.99. The smallest absolute Gasteiger partial charge is 0.255 e. The van der Waals surface area contributed by atoms with Crippen molar-refractivity contribution in [1.29, 1.82) is 0 Å². The summed E-state index contributed by atoms with van der Waals surface area (Å²) in [6.07, 6.45) is 3.48. The number of amides is 1. The Bertz CT molecular complexity index is 681. The van der Waals surface area contributed by atoms with Crippen molar-refractivity contribution < 1.29 is 9.90 Å². The van der Waals surface area contributed by atoms with E-state index in [1.807, 2.05) is 49.3 Å². The lowest BCUT2D eigenvalue weighted by atomic mass is 10.0. The van der Waals surface area contributed by atoms with Crippen molar-refractivity contribution in [2.45, 2.75) is 19.4 Å². The summed E-state index contributed by atoms with van der Waals surface area (Å²) >= 11 is 0. The van der Waals surface area contributed by atoms with E-state index in [9.17, 15) is 9.90 Å². The number of aliphatic hydroxyl groups is 1. The van der Waals surface area contributed by atoms with E-state index in [4.69, 9.17) is 0 Å². The second kappa shape index (κ2) is 7.93. The fourth-order valence-electron chi connectivity index (χ4n) is 2.37. The maximum atomic E-state index is 12.5. The molecule has 1 heterocycles. The highest BCUT2D eigenvalue weighted by atomic mass is 16.3. The first-order chi connectivity index (χ1) is 11.4. The summed E-state index contributed by atoms with van der Waals surface area (Å²) in [5.74, 6) is -0.0880. The molecule has 5 heteroatoms. The van der Waals surface area contributed by atoms with Crippen LogP contribution in [0.2, 0.25) is 0 Å². The van der Waals surface area contributed by atoms with E-state index in [1.165, 1.54) is 0 Å². The Morgan fingerprint density at radius 1 is 1.12 bits per heavy atom. The number of aliphatic hydroxyl groups excluding tert-OH is 1. The van der Waals surface area contributed by atoms with Crippen molar-refractivity contribution in [3.8, 4) is 11.1 Å². The fourth-order valence-corrected chi connectivity index (χ4v) is 2.37. The highest BCUT2D eigenvalue weighted by molar-refractivity contribution is 5.94. The standard InChI is InChI=1S/C19H25N3O2/c1-14(23)9-10-22(4)19(24)17-11-16(12-20-13-17)15-5-7-18(8-6-15)21(2)3/h5-8,11-14,23H,9-10H2,1-4H3. The van der Waals surface area contributed by atoms with Gasteiger partial charge in [-0.2, -0.15) is 0 Å². The summed E-state index contributed by atoms with van der Waals surface area (Å²) in [7, 11) is 5.74. The number of hydrogen-bond acceptors (Lipinski definition) is 4. The van der Waals surface area contributed by atoms with Gasteiger partial charge in [-0.1, -0.05) is 12.1 Å². The molecule has 0 bridgehead atoms. The molecule has 0 spiro atoms. The number of hydrogen-bond donors (Lipinski definition) is 1. The molecule has 0 aliphatic heterocycles. The predicted octanol–water partition coefficient (Wildman–Crippen LogP) is 2.66. The summed E-state index contributed by atoms with van der Waals surface area (Å²) in [5.41, 5.74) is 3.61. The zero-order chi connectivity index (χ0) is 17.7. The number of pyridine rings is 1. The molecule has 0 saturated carbocycles. The van der Waals surface area contributed by atoms with Crippen LogP contribution in [0, 0.1) is 0 Å². The third-order valence-corrected chi connectivity index (χ3v) is 3.93. The van der Waals surface area contributed by atoms with Gasteiger partial charge in [0, 0.05) is 51.3 Å². The zero-order valence-electron chi connectivity index (χ0n) is 14.7. The second-order valence-corrected chi connectivity index (χ2v) is 6.27. The van der Waals surface area contributed by atoms with Crippen LogP contribution in [-0.4, -0.2) is 54.7 Å². The van der Waals surface area contributed by atoms with Crippen LogP contribution in [0.3, 0.4) is 0 Å². The van der Waals surface area contributed by atoms with Gasteiger partial charge in [0.1, 0.15) is 0 Å². The molecule has 128 valence electrons. The minimum absolute atomic E-state index is 0.0880. The molecular formula is C19H25N3O2. The van der Waals surface area contributed by atoms with Crippen molar-refractivity contribution in [3.05, 3.63) is 48.3 Å². The summed E-state index contributed by atoms with van der Waals surface area (Å²) in [4.78, 5) is 20.3. The molecule has 0 saturated heterocycles. The monoisotopic (exact) mass is 327 g/mol. The lowest BCUT2D eigenvalue weighted by Crippen LogP contribution is -2.29. The molecule has 0 aliphatic rings. The third kappa shape index (κ3) is 4.55. The molecule has 2 rings (SSSR count). The van der Waals surface area contributed by atoms with Crippen molar-refractivity contribution >= 4 is 11.6 Å². The Balaban J connectivity index is 2.17. The van der Waals surface area contributed by atoms with Gasteiger partial charge in [-0.15, -0.1) is 0 Å². The number of anilines is 1. The molecule has 1 atom stereocenters. The fraction of sp³-hybridized carbons (Fsp3) is 0.368. The Morgan fingerprint density at radius 2 is 1.79 bits per heavy atom. The number of nitrogens with zero attached hydrogens (tertiary/aromatic N) is 3. The summed E-state index contributed by atoms with van der Waals surface area (Å²) in [6.45, 7) is 2.23. The Morgan fingerprint density at radius 3 is 2.38 bits per heavy atom. The molecule has 1 amide bonds. The van der Waals surface area contributed by atoms with Crippen LogP contribution in [0.15, 0.2) is 42.7 Å². The van der Waals surface area contributed by atoms with Crippen LogP contribution in [-0.2, 0) is 0 Å². The zero-order valence-corrected chi connectivity index (χ0v) is 14.7. The van der Waals surface area contributed by atoms with Crippen molar-refractivity contribution in [3.63, 3.8) is 0 Å². The van der Waals surface area contributed by atoms with E-state index in [-0.39, 0.29) is 5.91 Å². The van der Waals surface area contributed by atoms with Gasteiger partial charge in [-0.05, 0) is 37.1 Å². The normalized spacial score (nSPS) is 11.9. The van der Waals surface area contributed by atoms with Crippen LogP contribution < -0.4 is 4.90 Å². The molecular weight excluding hydrogens is 302 g/mol. The number of aromatic nitrogens is 1. The molecule has 1 aromatic carbocycles. The van der Waals surface area contributed by atoms with Gasteiger partial charge in [0.2, 0.25) is 0 Å². The lowest BCUT2D eigenvalue weighted by molar-refractivity contribution is 0.0768. The molecule has 1 aromatic heterocycles. The average Bonchev–Trinajstić information content (AvgIpc) is 2.59. The quantitative estimate of drug-likeness (QED) is 0.886. The average molecular weight is 327 g/mol. The lowest BCUT2D eigenvalue weighted by Gasteiger charge is -2.18. The van der Waals surface area contributed by atoms with E-state index in [0.29, 0.717) is 18.5 Å². The number of rotatable bonds is 6. The van der Waals surface area contributed by atoms with Gasteiger partial charge in [0.05, 0.1) is 11.7 Å². The maximum Gasteiger partial charge on any atom is 0.255 e. The predicted molar refractivity (Wildman–Crippen MR) is 97.3 cm³/mol. The van der Waals surface area contributed by atoms with E-state index >= 15 is 0 Å². The van der Waals surface area contributed by atoms with E-state index in [2.05, 4.69) is 4.98 Å². The van der Waals surface area contributed by atoms with Crippen LogP contribution >= 0.6 is 0 Å². The minimum atomic E-state index is -0.417. The Labute approximate surface area is 143 Å². The SMILES string of the molecule is CC(O)CCN(C)C(=O)c1cncc(-c2ccc(N(C)C)cc2)c1. The van der Waals surface area contributed by atoms with E-state index in [0.717, 1.165) is 16.8 Å². The summed E-state index contributed by atoms with van der Waals surface area (Å²) in [5, 5.41) is 9.35. The number of carbonyl (C=O) groups excluding carboxylic acids is 1. The first kappa shape index (κ1) is 17.9. The van der Waals surface area contributed by atoms with E-state index in [1.54, 1.807) is 31.3 Å². The topological polar surface area (TPSA) is 56.7 Å². The molecule has 2 aromatic rings. The van der Waals surface area contributed by atoms with Crippen LogP contribution in [0.1, 0.15) is 23.7 Å². The van der Waals surface area contributed by atoms with E-state index < -0.39 is 6.10 Å². The van der Waals surface area contributed by atoms with Crippen molar-refractivity contribution in [2.75, 3.05) is 32.6 Å². The Hall–Kier alpha value is -2.40. The van der Waals surface area contributed by atoms with Gasteiger partial charge in [-0.3, -0.25) is 9.78 Å². The van der Waals surface area contributed by atoms with Gasteiger partial charge in [0.25, 0.3) is 5.91 Å². The van der Waals surface area contributed by atoms with Gasteiger partial charge < -0.3 is 14.9 Å². The van der Waals surface area contributed by atoms with Gasteiger partial charge in [0.15, 0.2) is 0 Å². The highest BCUT2D eigenvalue weighted by Gasteiger charge is 2.13. The molecule has 0 fully saturated rings. The van der Waals surface area contributed by atoms with Crippen molar-refractivity contribution in [1.82, 2.24) is 9.88 Å². The molecule has 0 radical (unpaired) electrons. The summed E-state index contributed by atoms with van der Waals surface area (Å²) < 4.78 is 0. The van der Waals surface area contributed by atoms with Crippen LogP contribution in [0.4, 0.5) is 5.69 Å². The molecule has 0 aliphatic carbocycles. The largest absolute Gasteiger partial charge is 0.393 e. The maximum absolute atomic E-state index is 12.5. The first-order valence-corrected chi connectivity index (χ1v) is 8.05. The molecule has 1 N–H and O–H groups in total.